The predicted octanol–water partition coefficient (Wildman–Crippen LogP) is 5.35. The average molecular weight is 1020 g/mol. The minimum Gasteiger partial charge on any atom is -0.459 e. The van der Waals surface area contributed by atoms with Gasteiger partial charge < -0.3 is 58.6 Å². The molecule has 1 aromatic heterocycles. The number of non-ortho nitro benzene ring substituents is 1. The molecular weight excluding hydrogens is 929 g/mol. The van der Waals surface area contributed by atoms with Crippen molar-refractivity contribution in [2.24, 2.45) is 23.7 Å². The van der Waals surface area contributed by atoms with E-state index in [1.807, 2.05) is 78.3 Å². The van der Waals surface area contributed by atoms with Crippen LogP contribution in [-0.4, -0.2) is 182 Å². The van der Waals surface area contributed by atoms with Gasteiger partial charge in [-0.3, -0.25) is 19.6 Å². The number of unbranched alkanes of at least 4 members (excludes halogenated alkanes) is 1. The third kappa shape index (κ3) is 14.4. The molecule has 410 valence electrons. The molecule has 1 aromatic carbocycles. The topological polar surface area (TPSA) is 234 Å². The number of carbonyl (C=O) groups is 1. The molecule has 4 heterocycles. The van der Waals surface area contributed by atoms with Gasteiger partial charge in [0, 0.05) is 70.1 Å². The summed E-state index contributed by atoms with van der Waals surface area (Å²) in [5.41, 5.74) is -2.16. The van der Waals surface area contributed by atoms with Gasteiger partial charge in [0.25, 0.3) is 5.69 Å². The summed E-state index contributed by atoms with van der Waals surface area (Å²) in [4.78, 5) is 29.3. The van der Waals surface area contributed by atoms with Crippen molar-refractivity contribution in [1.29, 1.82) is 0 Å². The lowest BCUT2D eigenvalue weighted by atomic mass is 9.68. The van der Waals surface area contributed by atoms with Gasteiger partial charge in [0.1, 0.15) is 30.0 Å². The normalized spacial score (nSPS) is 39.0. The number of esters is 1. The number of aliphatic hydroxyl groups excluding tert-OH is 2. The van der Waals surface area contributed by atoms with Crippen LogP contribution in [0.1, 0.15) is 125 Å². The first-order chi connectivity index (χ1) is 33.8. The Bertz CT molecular complexity index is 2010. The lowest BCUT2D eigenvalue weighted by Gasteiger charge is -2.52. The number of benzene rings is 1. The van der Waals surface area contributed by atoms with Crippen molar-refractivity contribution in [3.63, 3.8) is 0 Å². The molecule has 3 aliphatic heterocycles. The lowest BCUT2D eigenvalue weighted by Crippen LogP contribution is -2.62. The van der Waals surface area contributed by atoms with Crippen molar-refractivity contribution in [3.8, 4) is 0 Å². The number of likely N-dealkylation sites (N-methyl/N-ethyl adjacent to an activating group) is 2. The third-order valence-corrected chi connectivity index (χ3v) is 16.5. The van der Waals surface area contributed by atoms with Crippen LogP contribution in [0.25, 0.3) is 0 Å². The molecule has 0 radical (unpaired) electrons. The molecule has 2 aromatic rings. The zero-order chi connectivity index (χ0) is 53.5. The van der Waals surface area contributed by atoms with Gasteiger partial charge in [0.15, 0.2) is 6.29 Å². The summed E-state index contributed by atoms with van der Waals surface area (Å²) in [6.45, 7) is 20.3. The summed E-state index contributed by atoms with van der Waals surface area (Å²) in [7, 11) is 7.10. The number of aromatic nitrogens is 3. The van der Waals surface area contributed by atoms with E-state index in [4.69, 9.17) is 28.4 Å². The molecule has 0 saturated carbocycles. The molecule has 0 bridgehead atoms. The molecule has 3 saturated heterocycles. The number of cyclic esters (lactones) is 1. The van der Waals surface area contributed by atoms with Crippen LogP contribution in [0.3, 0.4) is 0 Å². The van der Waals surface area contributed by atoms with Gasteiger partial charge in [-0.2, -0.15) is 0 Å². The maximum absolute atomic E-state index is 14.7. The maximum atomic E-state index is 14.7. The van der Waals surface area contributed by atoms with E-state index in [1.54, 1.807) is 40.2 Å². The lowest BCUT2D eigenvalue weighted by molar-refractivity contribution is -0.384. The van der Waals surface area contributed by atoms with E-state index in [1.165, 1.54) is 19.1 Å². The largest absolute Gasteiger partial charge is 0.459 e. The van der Waals surface area contributed by atoms with Crippen molar-refractivity contribution < 1.29 is 58.6 Å². The Morgan fingerprint density at radius 3 is 2.26 bits per heavy atom. The highest BCUT2D eigenvalue weighted by molar-refractivity contribution is 5.73. The van der Waals surface area contributed by atoms with Crippen LogP contribution in [-0.2, 0) is 52.6 Å². The molecular formula is C53H90N6O13. The zero-order valence-corrected chi connectivity index (χ0v) is 45.7. The van der Waals surface area contributed by atoms with E-state index in [-0.39, 0.29) is 36.6 Å². The predicted molar refractivity (Wildman–Crippen MR) is 271 cm³/mol. The molecule has 0 amide bonds. The molecule has 19 heteroatoms. The van der Waals surface area contributed by atoms with Crippen molar-refractivity contribution in [3.05, 3.63) is 51.8 Å². The van der Waals surface area contributed by atoms with Crippen LogP contribution in [0, 0.1) is 33.8 Å². The number of nitrogens with zero attached hydrogens (tertiary/aromatic N) is 6. The summed E-state index contributed by atoms with van der Waals surface area (Å²) in [5.74, 6) is -2.93. The first kappa shape index (κ1) is 59.7. The Kier molecular flexibility index (Phi) is 21.2. The smallest absolute Gasteiger partial charge is 0.309 e. The van der Waals surface area contributed by atoms with Gasteiger partial charge in [-0.05, 0) is 131 Å². The van der Waals surface area contributed by atoms with E-state index in [9.17, 15) is 35.3 Å². The number of aryl methyl sites for hydroxylation is 3. The van der Waals surface area contributed by atoms with Gasteiger partial charge in [0.2, 0.25) is 0 Å². The number of ether oxygens (including phenoxy) is 6. The number of nitro groups is 1. The minimum absolute atomic E-state index is 0.0871. The number of aliphatic hydroxyl groups is 4. The number of hydrogen-bond acceptors (Lipinski definition) is 17. The van der Waals surface area contributed by atoms with E-state index in [0.717, 1.165) is 36.9 Å². The molecule has 3 aliphatic rings. The number of carbonyl (C=O) groups excluding carboxylic acids is 1. The first-order valence-electron chi connectivity index (χ1n) is 26.4. The maximum Gasteiger partial charge on any atom is 0.309 e. The fraction of sp³-hybridized carbons (Fsp3) is 0.830. The fourth-order valence-corrected chi connectivity index (χ4v) is 12.3. The molecule has 0 aliphatic carbocycles. The Hall–Kier alpha value is -3.21. The van der Waals surface area contributed by atoms with Crippen LogP contribution in [0.15, 0.2) is 30.5 Å². The molecule has 5 rings (SSSR count). The van der Waals surface area contributed by atoms with Crippen molar-refractivity contribution in [2.75, 3.05) is 41.4 Å². The minimum atomic E-state index is -1.80. The monoisotopic (exact) mass is 1020 g/mol. The average Bonchev–Trinajstić information content (AvgIpc) is 3.78. The molecule has 4 N–H and O–H groups in total. The highest BCUT2D eigenvalue weighted by atomic mass is 16.7. The van der Waals surface area contributed by atoms with Gasteiger partial charge in [0.05, 0.1) is 52.2 Å². The van der Waals surface area contributed by atoms with Gasteiger partial charge in [-0.15, -0.1) is 5.10 Å². The Labute approximate surface area is 428 Å². The van der Waals surface area contributed by atoms with E-state index < -0.39 is 101 Å². The molecule has 19 nitrogen and oxygen atoms in total. The third-order valence-electron chi connectivity index (χ3n) is 16.5. The molecule has 0 spiro atoms. The molecule has 3 fully saturated rings. The van der Waals surface area contributed by atoms with E-state index >= 15 is 0 Å². The van der Waals surface area contributed by atoms with Crippen molar-refractivity contribution >= 4 is 11.7 Å². The van der Waals surface area contributed by atoms with Gasteiger partial charge in [-0.25, -0.2) is 0 Å². The van der Waals surface area contributed by atoms with Crippen molar-refractivity contribution in [1.82, 2.24) is 24.8 Å². The summed E-state index contributed by atoms with van der Waals surface area (Å²) < 4.78 is 40.5. The quantitative estimate of drug-likeness (QED) is 0.0677. The Morgan fingerprint density at radius 2 is 1.64 bits per heavy atom. The number of nitro benzene ring substituents is 1. The summed E-state index contributed by atoms with van der Waals surface area (Å²) in [6, 6.07) is 5.77. The fourth-order valence-electron chi connectivity index (χ4n) is 12.3. The molecule has 1 unspecified atom stereocenters. The number of methoxy groups -OCH3 is 2. The second kappa shape index (κ2) is 25.6. The van der Waals surface area contributed by atoms with Crippen LogP contribution in [0.2, 0.25) is 0 Å². The molecule has 72 heavy (non-hydrogen) atoms. The van der Waals surface area contributed by atoms with E-state index in [0.29, 0.717) is 38.9 Å². The summed E-state index contributed by atoms with van der Waals surface area (Å²) in [6.07, 6.45) is -0.0681. The van der Waals surface area contributed by atoms with E-state index in [2.05, 4.69) is 15.2 Å². The summed E-state index contributed by atoms with van der Waals surface area (Å²) >= 11 is 0. The van der Waals surface area contributed by atoms with Gasteiger partial charge >= 0.3 is 5.97 Å². The zero-order valence-electron chi connectivity index (χ0n) is 45.7. The summed E-state index contributed by atoms with van der Waals surface area (Å²) in [5, 5.41) is 68.6. The van der Waals surface area contributed by atoms with Crippen LogP contribution in [0.4, 0.5) is 5.69 Å². The molecule has 18 atom stereocenters. The SMILES string of the molecule is CC[C@H]1OC(=O)[C@H](C)[C@@H](C2C[C@@](C)(OC)[C@@H](OC)[C@H](C)O2)[C@H](C)[C@@H](O[C@@H]2O[C@H](C)C[C@H](N(C)CCCc3cn(CCCCc4ccc([N+](=O)[O-])cc4)nn3)[C@H]2O)[C@](C)(O)C[C@@H](C)CN(C)[C@H](C)[C@@H](O)[C@]1(C)O. The van der Waals surface area contributed by atoms with Crippen molar-refractivity contribution in [2.45, 2.75) is 218 Å². The highest BCUT2D eigenvalue weighted by Crippen LogP contribution is 2.45. The highest BCUT2D eigenvalue weighted by Gasteiger charge is 2.55. The van der Waals surface area contributed by atoms with Crippen LogP contribution >= 0.6 is 0 Å². The number of rotatable bonds is 17. The Morgan fingerprint density at radius 1 is 0.958 bits per heavy atom. The van der Waals surface area contributed by atoms with Crippen LogP contribution in [0.5, 0.6) is 0 Å². The van der Waals surface area contributed by atoms with Crippen LogP contribution < -0.4 is 0 Å². The standard InChI is InChI=1S/C53H90N6O13/c1-15-43-53(10,64)46(61)36(6)57(12)30-32(2)28-51(8,63)47(34(4)44(35(5)49(62)71-43)42-29-52(9,68-14)48(67-13)37(7)70-42)72-50-45(60)41(27-33(3)69-50)56(11)25-18-20-39-31-58(55-54-39)26-17-16-19-38-21-23-40(24-22-38)59(65)66/h21-24,31-37,41-48,50,60-61,63-64H,15-20,25-30H2,1-14H3/t32-,33-,34+,35-,36-,37+,41+,42?,43-,44+,45-,46-,47-,48+,50+,51-,52-,53-/m1/s1. The second-order valence-electron chi connectivity index (χ2n) is 22.4. The first-order valence-corrected chi connectivity index (χ1v) is 26.4. The second-order valence-corrected chi connectivity index (χ2v) is 22.4. The van der Waals surface area contributed by atoms with Gasteiger partial charge in [-0.1, -0.05) is 45.0 Å². The number of hydrogen-bond donors (Lipinski definition) is 4. The Balaban J connectivity index is 1.37.